The van der Waals surface area contributed by atoms with E-state index < -0.39 is 60.6 Å². The van der Waals surface area contributed by atoms with Crippen molar-refractivity contribution in [3.63, 3.8) is 0 Å². The number of aliphatic hydroxyl groups is 2. The van der Waals surface area contributed by atoms with Crippen LogP contribution in [0.15, 0.2) is 0 Å². The smallest absolute Gasteiger partial charge is 0.328 e. The van der Waals surface area contributed by atoms with Crippen LogP contribution in [0.2, 0.25) is 0 Å². The SMILES string of the molecule is CC(O)C(NC(=O)C(CO)NC(=O)C(CCCCN)NC(=O)C(N)CS)C(=O)O. The molecule has 0 bridgehead atoms. The van der Waals surface area contributed by atoms with Gasteiger partial charge in [-0.05, 0) is 32.7 Å². The number of carboxylic acid groups (broad SMARTS) is 1. The number of carboxylic acids is 1. The molecule has 0 radical (unpaired) electrons. The van der Waals surface area contributed by atoms with E-state index in [4.69, 9.17) is 16.6 Å². The zero-order valence-electron chi connectivity index (χ0n) is 16.2. The van der Waals surface area contributed by atoms with Crippen LogP contribution in [0.4, 0.5) is 0 Å². The number of rotatable bonds is 14. The quantitative estimate of drug-likeness (QED) is 0.0962. The Bertz CT molecular complexity index is 564. The minimum atomic E-state index is -1.62. The van der Waals surface area contributed by atoms with Crippen LogP contribution in [-0.2, 0) is 19.2 Å². The molecule has 0 aromatic rings. The van der Waals surface area contributed by atoms with Gasteiger partial charge in [-0.2, -0.15) is 12.6 Å². The Morgan fingerprint density at radius 2 is 1.55 bits per heavy atom. The Labute approximate surface area is 174 Å². The lowest BCUT2D eigenvalue weighted by Gasteiger charge is -2.24. The van der Waals surface area contributed by atoms with Gasteiger partial charge in [-0.1, -0.05) is 0 Å². The number of hydrogen-bond acceptors (Lipinski definition) is 9. The van der Waals surface area contributed by atoms with Gasteiger partial charge in [-0.3, -0.25) is 14.4 Å². The highest BCUT2D eigenvalue weighted by Crippen LogP contribution is 2.03. The van der Waals surface area contributed by atoms with Crippen molar-refractivity contribution in [3.05, 3.63) is 0 Å². The molecule has 0 saturated heterocycles. The number of hydrogen-bond donors (Lipinski definition) is 9. The molecule has 29 heavy (non-hydrogen) atoms. The van der Waals surface area contributed by atoms with Crippen LogP contribution in [0.3, 0.4) is 0 Å². The number of carbonyl (C=O) groups excluding carboxylic acids is 3. The first kappa shape index (κ1) is 27.1. The first-order valence-corrected chi connectivity index (χ1v) is 9.71. The second-order valence-corrected chi connectivity index (χ2v) is 6.81. The summed E-state index contributed by atoms with van der Waals surface area (Å²) in [6.45, 7) is 0.721. The number of aliphatic hydroxyl groups excluding tert-OH is 2. The summed E-state index contributed by atoms with van der Waals surface area (Å²) in [4.78, 5) is 47.8. The van der Waals surface area contributed by atoms with Crippen molar-refractivity contribution in [2.24, 2.45) is 11.5 Å². The van der Waals surface area contributed by atoms with Crippen molar-refractivity contribution < 1.29 is 34.5 Å². The van der Waals surface area contributed by atoms with E-state index in [2.05, 4.69) is 23.3 Å². The molecule has 168 valence electrons. The number of nitrogens with two attached hydrogens (primary N) is 2. The predicted octanol–water partition coefficient (Wildman–Crippen LogP) is -3.72. The summed E-state index contributed by atoms with van der Waals surface area (Å²) in [6, 6.07) is -5.10. The van der Waals surface area contributed by atoms with E-state index in [-0.39, 0.29) is 12.2 Å². The van der Waals surface area contributed by atoms with Crippen LogP contribution < -0.4 is 27.4 Å². The summed E-state index contributed by atoms with van der Waals surface area (Å²) in [5.74, 6) is -3.81. The molecule has 0 aromatic carbocycles. The lowest BCUT2D eigenvalue weighted by molar-refractivity contribution is -0.145. The summed E-state index contributed by atoms with van der Waals surface area (Å²) < 4.78 is 0. The van der Waals surface area contributed by atoms with Crippen molar-refractivity contribution in [2.75, 3.05) is 18.9 Å². The van der Waals surface area contributed by atoms with Gasteiger partial charge in [0.15, 0.2) is 6.04 Å². The summed E-state index contributed by atoms with van der Waals surface area (Å²) in [6.07, 6.45) is -0.0993. The van der Waals surface area contributed by atoms with E-state index in [9.17, 15) is 29.4 Å². The molecular weight excluding hydrogens is 406 g/mol. The molecule has 5 unspecified atom stereocenters. The Hall–Kier alpha value is -1.93. The molecule has 0 aliphatic rings. The van der Waals surface area contributed by atoms with E-state index in [0.29, 0.717) is 19.4 Å². The minimum absolute atomic E-state index is 0.0561. The van der Waals surface area contributed by atoms with Crippen LogP contribution in [0.25, 0.3) is 0 Å². The van der Waals surface area contributed by atoms with Crippen LogP contribution >= 0.6 is 12.6 Å². The Morgan fingerprint density at radius 3 is 2.00 bits per heavy atom. The molecule has 0 aliphatic heterocycles. The van der Waals surface area contributed by atoms with Crippen LogP contribution in [0, 0.1) is 0 Å². The monoisotopic (exact) mass is 437 g/mol. The molecule has 10 N–H and O–H groups in total. The summed E-state index contributed by atoms with van der Waals surface area (Å²) >= 11 is 3.92. The zero-order chi connectivity index (χ0) is 22.6. The molecule has 0 heterocycles. The standard InChI is InChI=1S/C16H31N5O7S/c1-8(23)12(16(27)28)21-15(26)11(6-22)20-14(25)10(4-2-3-5-17)19-13(24)9(18)7-29/h8-12,22-23,29H,2-7,17-18H2,1H3,(H,19,24)(H,20,25)(H,21,26)(H,27,28). The Morgan fingerprint density at radius 1 is 1.00 bits per heavy atom. The lowest BCUT2D eigenvalue weighted by Crippen LogP contribution is -2.59. The molecule has 12 nitrogen and oxygen atoms in total. The van der Waals surface area contributed by atoms with Crippen LogP contribution in [0.5, 0.6) is 0 Å². The number of nitrogens with one attached hydrogen (secondary N) is 3. The average Bonchev–Trinajstić information content (AvgIpc) is 2.67. The van der Waals surface area contributed by atoms with Gasteiger partial charge in [-0.25, -0.2) is 4.79 Å². The molecule has 3 amide bonds. The van der Waals surface area contributed by atoms with Crippen molar-refractivity contribution in [3.8, 4) is 0 Å². The van der Waals surface area contributed by atoms with Gasteiger partial charge < -0.3 is 42.7 Å². The molecular formula is C16H31N5O7S. The van der Waals surface area contributed by atoms with Gasteiger partial charge in [0.1, 0.15) is 12.1 Å². The fourth-order valence-electron chi connectivity index (χ4n) is 2.23. The second kappa shape index (κ2) is 14.1. The van der Waals surface area contributed by atoms with E-state index in [0.717, 1.165) is 0 Å². The molecule has 0 aliphatic carbocycles. The van der Waals surface area contributed by atoms with E-state index >= 15 is 0 Å². The van der Waals surface area contributed by atoms with Crippen LogP contribution in [-0.4, -0.2) is 88.2 Å². The summed E-state index contributed by atoms with van der Waals surface area (Å²) in [7, 11) is 0. The highest BCUT2D eigenvalue weighted by molar-refractivity contribution is 7.80. The van der Waals surface area contributed by atoms with E-state index in [1.165, 1.54) is 6.92 Å². The first-order valence-electron chi connectivity index (χ1n) is 9.08. The third kappa shape index (κ3) is 9.89. The lowest BCUT2D eigenvalue weighted by atomic mass is 10.1. The Kier molecular flexibility index (Phi) is 13.2. The summed E-state index contributed by atoms with van der Waals surface area (Å²) in [5, 5.41) is 34.6. The van der Waals surface area contributed by atoms with Gasteiger partial charge in [0.2, 0.25) is 17.7 Å². The predicted molar refractivity (Wildman–Crippen MR) is 107 cm³/mol. The minimum Gasteiger partial charge on any atom is -0.480 e. The molecule has 0 saturated carbocycles. The summed E-state index contributed by atoms with van der Waals surface area (Å²) in [5.41, 5.74) is 11.0. The largest absolute Gasteiger partial charge is 0.480 e. The topological polar surface area (TPSA) is 217 Å². The highest BCUT2D eigenvalue weighted by atomic mass is 32.1. The first-order chi connectivity index (χ1) is 13.6. The molecule has 0 rings (SSSR count). The van der Waals surface area contributed by atoms with Crippen molar-refractivity contribution >= 4 is 36.3 Å². The molecule has 0 aromatic heterocycles. The van der Waals surface area contributed by atoms with Gasteiger partial charge >= 0.3 is 5.97 Å². The number of amides is 3. The number of aliphatic carboxylic acids is 1. The maximum absolute atomic E-state index is 12.5. The number of unbranched alkanes of at least 4 members (excludes halogenated alkanes) is 1. The van der Waals surface area contributed by atoms with Crippen LogP contribution in [0.1, 0.15) is 26.2 Å². The fourth-order valence-corrected chi connectivity index (χ4v) is 2.40. The Balaban J connectivity index is 5.16. The van der Waals surface area contributed by atoms with Crippen molar-refractivity contribution in [1.29, 1.82) is 0 Å². The highest BCUT2D eigenvalue weighted by Gasteiger charge is 2.31. The fraction of sp³-hybridized carbons (Fsp3) is 0.750. The third-order valence-corrected chi connectivity index (χ3v) is 4.37. The average molecular weight is 438 g/mol. The maximum Gasteiger partial charge on any atom is 0.328 e. The number of carbonyl (C=O) groups is 4. The number of thiol groups is 1. The second-order valence-electron chi connectivity index (χ2n) is 6.44. The normalized spacial score (nSPS) is 16.1. The van der Waals surface area contributed by atoms with Gasteiger partial charge in [0.05, 0.1) is 18.8 Å². The molecule has 5 atom stereocenters. The van der Waals surface area contributed by atoms with Gasteiger partial charge in [0, 0.05) is 5.75 Å². The van der Waals surface area contributed by atoms with Crippen molar-refractivity contribution in [1.82, 2.24) is 16.0 Å². The third-order valence-electron chi connectivity index (χ3n) is 3.98. The zero-order valence-corrected chi connectivity index (χ0v) is 17.1. The van der Waals surface area contributed by atoms with Crippen molar-refractivity contribution in [2.45, 2.75) is 56.5 Å². The molecule has 0 spiro atoms. The van der Waals surface area contributed by atoms with Gasteiger partial charge in [0.25, 0.3) is 0 Å². The molecule has 0 fully saturated rings. The molecule has 13 heteroatoms. The van der Waals surface area contributed by atoms with E-state index in [1.54, 1.807) is 0 Å². The maximum atomic E-state index is 12.5. The van der Waals surface area contributed by atoms with E-state index in [1.807, 2.05) is 5.32 Å². The van der Waals surface area contributed by atoms with Gasteiger partial charge in [-0.15, -0.1) is 0 Å².